The van der Waals surface area contributed by atoms with Crippen molar-refractivity contribution in [2.45, 2.75) is 30.0 Å². The zero-order chi connectivity index (χ0) is 14.7. The second kappa shape index (κ2) is 6.35. The van der Waals surface area contributed by atoms with E-state index in [0.717, 1.165) is 28.7 Å². The topological polar surface area (TPSA) is 17.1 Å². The molecule has 0 saturated heterocycles. The van der Waals surface area contributed by atoms with E-state index in [0.29, 0.717) is 27.2 Å². The van der Waals surface area contributed by atoms with Gasteiger partial charge < -0.3 is 0 Å². The van der Waals surface area contributed by atoms with Gasteiger partial charge in [0.1, 0.15) is 0 Å². The molecule has 0 spiro atoms. The standard InChI is InChI=1S/C18H17ClOSe/c19-15-10-8-14(9-11-15)18(12-4-7-17(18)20)13-21-16-5-2-1-3-6-16/h1-3,5-6,8-11H,4,7,12-13H2. The van der Waals surface area contributed by atoms with Crippen LogP contribution in [0.25, 0.3) is 0 Å². The molecule has 2 aromatic carbocycles. The molecule has 108 valence electrons. The molecule has 1 atom stereocenters. The monoisotopic (exact) mass is 364 g/mol. The van der Waals surface area contributed by atoms with E-state index in [1.807, 2.05) is 30.3 Å². The predicted octanol–water partition coefficient (Wildman–Crippen LogP) is 3.78. The van der Waals surface area contributed by atoms with Crippen LogP contribution < -0.4 is 4.46 Å². The number of rotatable bonds is 4. The summed E-state index contributed by atoms with van der Waals surface area (Å²) < 4.78 is 1.36. The molecule has 3 heteroatoms. The van der Waals surface area contributed by atoms with Crippen LogP contribution in [0.2, 0.25) is 10.3 Å². The normalized spacial score (nSPS) is 21.7. The number of carbonyl (C=O) groups excluding carboxylic acids is 1. The maximum atomic E-state index is 12.6. The van der Waals surface area contributed by atoms with Crippen molar-refractivity contribution in [3.05, 3.63) is 65.2 Å². The summed E-state index contributed by atoms with van der Waals surface area (Å²) in [5.74, 6) is 0.405. The fourth-order valence-corrected chi connectivity index (χ4v) is 5.68. The Labute approximate surface area is 136 Å². The van der Waals surface area contributed by atoms with Gasteiger partial charge in [0.2, 0.25) is 0 Å². The van der Waals surface area contributed by atoms with E-state index < -0.39 is 0 Å². The second-order valence-corrected chi connectivity index (χ2v) is 8.10. The number of carbonyl (C=O) groups is 1. The van der Waals surface area contributed by atoms with Crippen LogP contribution in [0.15, 0.2) is 54.6 Å². The molecule has 0 bridgehead atoms. The van der Waals surface area contributed by atoms with Crippen LogP contribution in [-0.2, 0) is 10.2 Å². The molecular weight excluding hydrogens is 347 g/mol. The Hall–Kier alpha value is -1.08. The molecule has 0 heterocycles. The van der Waals surface area contributed by atoms with Gasteiger partial charge in [-0.25, -0.2) is 0 Å². The van der Waals surface area contributed by atoms with Crippen LogP contribution in [-0.4, -0.2) is 20.7 Å². The van der Waals surface area contributed by atoms with Gasteiger partial charge in [0, 0.05) is 0 Å². The fourth-order valence-electron chi connectivity index (χ4n) is 2.96. The summed E-state index contributed by atoms with van der Waals surface area (Å²) in [6, 6.07) is 18.4. The number of hydrogen-bond donors (Lipinski definition) is 0. The third kappa shape index (κ3) is 3.08. The minimum absolute atomic E-state index is 0.277. The summed E-state index contributed by atoms with van der Waals surface area (Å²) in [6.45, 7) is 0. The zero-order valence-electron chi connectivity index (χ0n) is 11.7. The van der Waals surface area contributed by atoms with Gasteiger partial charge in [-0.05, 0) is 0 Å². The Morgan fingerprint density at radius 3 is 2.38 bits per heavy atom. The second-order valence-electron chi connectivity index (χ2n) is 5.47. The van der Waals surface area contributed by atoms with Crippen molar-refractivity contribution in [1.29, 1.82) is 0 Å². The average Bonchev–Trinajstić information content (AvgIpc) is 2.89. The van der Waals surface area contributed by atoms with Gasteiger partial charge in [0.05, 0.1) is 0 Å². The minimum atomic E-state index is -0.277. The van der Waals surface area contributed by atoms with E-state index in [9.17, 15) is 4.79 Å². The molecule has 0 aromatic heterocycles. The molecule has 1 aliphatic rings. The molecule has 0 N–H and O–H groups in total. The maximum absolute atomic E-state index is 12.6. The van der Waals surface area contributed by atoms with Crippen LogP contribution in [0, 0.1) is 0 Å². The Bertz CT molecular complexity index is 623. The number of hydrogen-bond acceptors (Lipinski definition) is 1. The van der Waals surface area contributed by atoms with Gasteiger partial charge in [-0.2, -0.15) is 0 Å². The van der Waals surface area contributed by atoms with E-state index in [1.165, 1.54) is 4.46 Å². The van der Waals surface area contributed by atoms with Crippen LogP contribution in [0.5, 0.6) is 0 Å². The molecule has 3 rings (SSSR count). The van der Waals surface area contributed by atoms with Crippen LogP contribution in [0.4, 0.5) is 0 Å². The molecule has 0 amide bonds. The van der Waals surface area contributed by atoms with E-state index >= 15 is 0 Å². The van der Waals surface area contributed by atoms with Crippen molar-refractivity contribution >= 4 is 36.8 Å². The zero-order valence-corrected chi connectivity index (χ0v) is 14.2. The first-order chi connectivity index (χ1) is 10.2. The Morgan fingerprint density at radius 1 is 1.05 bits per heavy atom. The van der Waals surface area contributed by atoms with E-state index in [-0.39, 0.29) is 5.41 Å². The molecule has 1 unspecified atom stereocenters. The number of benzene rings is 2. The number of Topliss-reactive ketones (excluding diaryl/α,β-unsaturated/α-hetero) is 1. The quantitative estimate of drug-likeness (QED) is 0.756. The summed E-state index contributed by atoms with van der Waals surface area (Å²) in [4.78, 5) is 12.6. The summed E-state index contributed by atoms with van der Waals surface area (Å²) in [5.41, 5.74) is 0.868. The predicted molar refractivity (Wildman–Crippen MR) is 88.6 cm³/mol. The summed E-state index contributed by atoms with van der Waals surface area (Å²) >= 11 is 6.31. The van der Waals surface area contributed by atoms with Gasteiger partial charge in [-0.3, -0.25) is 0 Å². The summed E-state index contributed by atoms with van der Waals surface area (Å²) in [5, 5.41) is 1.68. The van der Waals surface area contributed by atoms with Gasteiger partial charge in [-0.15, -0.1) is 0 Å². The van der Waals surface area contributed by atoms with Gasteiger partial charge in [0.25, 0.3) is 0 Å². The van der Waals surface area contributed by atoms with Crippen LogP contribution in [0.1, 0.15) is 24.8 Å². The third-order valence-electron chi connectivity index (χ3n) is 4.17. The first-order valence-corrected chi connectivity index (χ1v) is 9.62. The molecule has 0 radical (unpaired) electrons. The van der Waals surface area contributed by atoms with E-state index in [1.54, 1.807) is 0 Å². The molecule has 2 aromatic rings. The molecule has 1 nitrogen and oxygen atoms in total. The summed E-state index contributed by atoms with van der Waals surface area (Å²) in [6.07, 6.45) is 2.70. The molecule has 1 aliphatic carbocycles. The Kier molecular flexibility index (Phi) is 4.49. The van der Waals surface area contributed by atoms with Crippen molar-refractivity contribution in [3.63, 3.8) is 0 Å². The number of ketones is 1. The van der Waals surface area contributed by atoms with Gasteiger partial charge in [-0.1, -0.05) is 0 Å². The summed E-state index contributed by atoms with van der Waals surface area (Å²) in [7, 11) is 0. The SMILES string of the molecule is O=C1CCCC1(C[Se]c1ccccc1)c1ccc(Cl)cc1. The molecule has 1 fully saturated rings. The Morgan fingerprint density at radius 2 is 1.76 bits per heavy atom. The molecule has 0 aliphatic heterocycles. The van der Waals surface area contributed by atoms with Crippen LogP contribution >= 0.6 is 11.6 Å². The van der Waals surface area contributed by atoms with E-state index in [2.05, 4.69) is 24.3 Å². The van der Waals surface area contributed by atoms with Crippen molar-refractivity contribution in [2.75, 3.05) is 0 Å². The van der Waals surface area contributed by atoms with E-state index in [4.69, 9.17) is 11.6 Å². The van der Waals surface area contributed by atoms with Gasteiger partial charge >= 0.3 is 137 Å². The van der Waals surface area contributed by atoms with Crippen molar-refractivity contribution in [2.24, 2.45) is 0 Å². The van der Waals surface area contributed by atoms with Crippen molar-refractivity contribution < 1.29 is 4.79 Å². The van der Waals surface area contributed by atoms with Crippen molar-refractivity contribution in [3.8, 4) is 0 Å². The first kappa shape index (κ1) is 14.8. The fraction of sp³-hybridized carbons (Fsp3) is 0.278. The molecular formula is C18H17ClOSe. The Balaban J connectivity index is 1.87. The molecule has 21 heavy (non-hydrogen) atoms. The first-order valence-electron chi connectivity index (χ1n) is 7.18. The van der Waals surface area contributed by atoms with Crippen LogP contribution in [0.3, 0.4) is 0 Å². The number of halogens is 1. The van der Waals surface area contributed by atoms with Gasteiger partial charge in [0.15, 0.2) is 0 Å². The average molecular weight is 364 g/mol. The van der Waals surface area contributed by atoms with Crippen molar-refractivity contribution in [1.82, 2.24) is 0 Å². The third-order valence-corrected chi connectivity index (χ3v) is 7.03. The molecule has 1 saturated carbocycles.